The van der Waals surface area contributed by atoms with Crippen LogP contribution in [0.1, 0.15) is 15.9 Å². The molecule has 0 unspecified atom stereocenters. The van der Waals surface area contributed by atoms with Gasteiger partial charge in [0.1, 0.15) is 0 Å². The lowest BCUT2D eigenvalue weighted by Gasteiger charge is -2.08. The molecule has 0 N–H and O–H groups in total. The number of carbonyl (C=O) groups is 1. The summed E-state index contributed by atoms with van der Waals surface area (Å²) in [4.78, 5) is 16.8. The van der Waals surface area contributed by atoms with Crippen LogP contribution >= 0.6 is 23.2 Å². The lowest BCUT2D eigenvalue weighted by molar-refractivity contribution is 0.104. The molecule has 0 aliphatic heterocycles. The summed E-state index contributed by atoms with van der Waals surface area (Å²) in [6, 6.07) is 12.3. The first-order valence-electron chi connectivity index (χ1n) is 6.00. The number of carbonyl (C=O) groups excluding carboxylic acids is 1. The molecule has 1 aromatic heterocycles. The molecule has 0 aliphatic carbocycles. The fourth-order valence-electron chi connectivity index (χ4n) is 2.17. The van der Waals surface area contributed by atoms with Gasteiger partial charge in [0.25, 0.3) is 0 Å². The van der Waals surface area contributed by atoms with E-state index in [0.29, 0.717) is 21.2 Å². The molecule has 0 bridgehead atoms. The molecule has 0 amide bonds. The second-order valence-electron chi connectivity index (χ2n) is 4.33. The highest BCUT2D eigenvalue weighted by Crippen LogP contribution is 2.29. The van der Waals surface area contributed by atoms with Crippen LogP contribution in [0.5, 0.6) is 0 Å². The zero-order valence-corrected chi connectivity index (χ0v) is 11.8. The van der Waals surface area contributed by atoms with Crippen molar-refractivity contribution in [1.82, 2.24) is 4.98 Å². The highest BCUT2D eigenvalue weighted by Gasteiger charge is 2.18. The Morgan fingerprint density at radius 3 is 2.40 bits per heavy atom. The van der Waals surface area contributed by atoms with E-state index in [1.807, 2.05) is 18.2 Å². The zero-order valence-electron chi connectivity index (χ0n) is 10.3. The first kappa shape index (κ1) is 13.1. The van der Waals surface area contributed by atoms with Crippen LogP contribution in [0.4, 0.5) is 0 Å². The van der Waals surface area contributed by atoms with E-state index in [0.717, 1.165) is 10.8 Å². The van der Waals surface area contributed by atoms with Crippen molar-refractivity contribution in [2.24, 2.45) is 0 Å². The van der Waals surface area contributed by atoms with E-state index in [4.69, 9.17) is 23.2 Å². The average Bonchev–Trinajstić information content (AvgIpc) is 2.46. The molecule has 0 aliphatic rings. The van der Waals surface area contributed by atoms with Crippen molar-refractivity contribution in [1.29, 1.82) is 0 Å². The largest absolute Gasteiger partial charge is 0.288 e. The number of halogens is 2. The van der Waals surface area contributed by atoms with Gasteiger partial charge in [0.15, 0.2) is 5.78 Å². The van der Waals surface area contributed by atoms with E-state index in [2.05, 4.69) is 4.98 Å². The van der Waals surface area contributed by atoms with Gasteiger partial charge in [0.2, 0.25) is 0 Å². The van der Waals surface area contributed by atoms with Gasteiger partial charge in [0, 0.05) is 23.3 Å². The van der Waals surface area contributed by atoms with Crippen LogP contribution in [-0.2, 0) is 0 Å². The summed E-state index contributed by atoms with van der Waals surface area (Å²) >= 11 is 12.2. The molecule has 0 spiro atoms. The molecule has 4 heteroatoms. The average molecular weight is 302 g/mol. The van der Waals surface area contributed by atoms with E-state index in [1.54, 1.807) is 36.7 Å². The Labute approximate surface area is 126 Å². The molecule has 0 fully saturated rings. The Morgan fingerprint density at radius 1 is 0.950 bits per heavy atom. The summed E-state index contributed by atoms with van der Waals surface area (Å²) < 4.78 is 0. The second kappa shape index (κ2) is 5.23. The third kappa shape index (κ3) is 2.17. The van der Waals surface area contributed by atoms with Crippen molar-refractivity contribution < 1.29 is 4.79 Å². The quantitative estimate of drug-likeness (QED) is 0.638. The van der Waals surface area contributed by atoms with E-state index >= 15 is 0 Å². The number of pyridine rings is 1. The molecule has 0 saturated heterocycles. The molecular formula is C16H9Cl2NO. The summed E-state index contributed by atoms with van der Waals surface area (Å²) in [5.41, 5.74) is 0.903. The molecule has 20 heavy (non-hydrogen) atoms. The van der Waals surface area contributed by atoms with Gasteiger partial charge >= 0.3 is 0 Å². The van der Waals surface area contributed by atoms with Gasteiger partial charge in [-0.05, 0) is 23.6 Å². The van der Waals surface area contributed by atoms with Crippen molar-refractivity contribution >= 4 is 39.8 Å². The molecule has 2 aromatic carbocycles. The number of aromatic nitrogens is 1. The minimum atomic E-state index is -0.183. The summed E-state index contributed by atoms with van der Waals surface area (Å²) in [6.45, 7) is 0. The van der Waals surface area contributed by atoms with Gasteiger partial charge in [-0.25, -0.2) is 0 Å². The molecule has 2 nitrogen and oxygen atoms in total. The number of ketones is 1. The van der Waals surface area contributed by atoms with E-state index < -0.39 is 0 Å². The summed E-state index contributed by atoms with van der Waals surface area (Å²) in [6.07, 6.45) is 3.38. The normalized spacial score (nSPS) is 10.7. The minimum absolute atomic E-state index is 0.183. The van der Waals surface area contributed by atoms with E-state index in [-0.39, 0.29) is 5.78 Å². The van der Waals surface area contributed by atoms with Crippen LogP contribution in [0.2, 0.25) is 10.0 Å². The Morgan fingerprint density at radius 2 is 1.65 bits per heavy atom. The fourth-order valence-corrected chi connectivity index (χ4v) is 2.74. The van der Waals surface area contributed by atoms with Gasteiger partial charge in [0.05, 0.1) is 15.6 Å². The van der Waals surface area contributed by atoms with Crippen LogP contribution in [0, 0.1) is 0 Å². The van der Waals surface area contributed by atoms with Gasteiger partial charge in [-0.1, -0.05) is 47.5 Å². The third-order valence-electron chi connectivity index (χ3n) is 3.12. The van der Waals surface area contributed by atoms with Crippen molar-refractivity contribution in [2.45, 2.75) is 0 Å². The number of nitrogens with zero attached hydrogens (tertiary/aromatic N) is 1. The second-order valence-corrected chi connectivity index (χ2v) is 5.14. The molecule has 98 valence electrons. The number of rotatable bonds is 2. The maximum absolute atomic E-state index is 12.7. The molecule has 0 radical (unpaired) electrons. The molecule has 0 atom stereocenters. The Balaban J connectivity index is 2.24. The van der Waals surface area contributed by atoms with Crippen LogP contribution in [0.25, 0.3) is 10.8 Å². The Bertz CT molecular complexity index is 789. The predicted octanol–water partition coefficient (Wildman–Crippen LogP) is 4.77. The third-order valence-corrected chi connectivity index (χ3v) is 3.75. The van der Waals surface area contributed by atoms with Gasteiger partial charge in [-0.2, -0.15) is 0 Å². The minimum Gasteiger partial charge on any atom is -0.288 e. The fraction of sp³-hybridized carbons (Fsp3) is 0. The predicted molar refractivity (Wildman–Crippen MR) is 81.6 cm³/mol. The van der Waals surface area contributed by atoms with Crippen LogP contribution in [0.3, 0.4) is 0 Å². The monoisotopic (exact) mass is 301 g/mol. The SMILES string of the molecule is O=C(c1c(Cl)cccc1Cl)c1cccc2cnccc12. The summed E-state index contributed by atoms with van der Waals surface area (Å²) in [5.74, 6) is -0.183. The zero-order chi connectivity index (χ0) is 14.1. The summed E-state index contributed by atoms with van der Waals surface area (Å²) in [5, 5.41) is 2.45. The molecule has 3 rings (SSSR count). The molecule has 3 aromatic rings. The van der Waals surface area contributed by atoms with Crippen LogP contribution in [0.15, 0.2) is 54.9 Å². The van der Waals surface area contributed by atoms with Crippen molar-refractivity contribution in [3.8, 4) is 0 Å². The van der Waals surface area contributed by atoms with E-state index in [1.165, 1.54) is 0 Å². The molecular weight excluding hydrogens is 293 g/mol. The van der Waals surface area contributed by atoms with Crippen molar-refractivity contribution in [3.63, 3.8) is 0 Å². The molecule has 0 saturated carbocycles. The van der Waals surface area contributed by atoms with Gasteiger partial charge in [-0.3, -0.25) is 9.78 Å². The lowest BCUT2D eigenvalue weighted by Crippen LogP contribution is -2.04. The standard InChI is InChI=1S/C16H9Cl2NO/c17-13-5-2-6-14(18)15(13)16(20)12-4-1-3-10-9-19-8-7-11(10)12/h1-9H. The van der Waals surface area contributed by atoms with Crippen molar-refractivity contribution in [3.05, 3.63) is 76.0 Å². The highest BCUT2D eigenvalue weighted by atomic mass is 35.5. The maximum atomic E-state index is 12.7. The van der Waals surface area contributed by atoms with Crippen LogP contribution in [-0.4, -0.2) is 10.8 Å². The maximum Gasteiger partial charge on any atom is 0.196 e. The van der Waals surface area contributed by atoms with Crippen molar-refractivity contribution in [2.75, 3.05) is 0 Å². The van der Waals surface area contributed by atoms with E-state index in [9.17, 15) is 4.79 Å². The Kier molecular flexibility index (Phi) is 3.43. The number of hydrogen-bond acceptors (Lipinski definition) is 2. The number of hydrogen-bond donors (Lipinski definition) is 0. The first-order valence-corrected chi connectivity index (χ1v) is 6.75. The topological polar surface area (TPSA) is 30.0 Å². The highest BCUT2D eigenvalue weighted by molar-refractivity contribution is 6.41. The smallest absolute Gasteiger partial charge is 0.196 e. The lowest BCUT2D eigenvalue weighted by atomic mass is 9.98. The van der Waals surface area contributed by atoms with Gasteiger partial charge in [-0.15, -0.1) is 0 Å². The number of fused-ring (bicyclic) bond motifs is 1. The molecule has 1 heterocycles. The summed E-state index contributed by atoms with van der Waals surface area (Å²) in [7, 11) is 0. The van der Waals surface area contributed by atoms with Gasteiger partial charge < -0.3 is 0 Å². The first-order chi connectivity index (χ1) is 9.68. The van der Waals surface area contributed by atoms with Crippen LogP contribution < -0.4 is 0 Å². The number of benzene rings is 2. The Hall–Kier alpha value is -1.90.